The van der Waals surface area contributed by atoms with Crippen molar-refractivity contribution in [2.45, 2.75) is 29.6 Å². The largest absolute Gasteiger partial charge is 0.294 e. The number of ketones is 1. The van der Waals surface area contributed by atoms with Crippen molar-refractivity contribution in [2.24, 2.45) is 0 Å². The number of aromatic amines is 1. The molecule has 30 heavy (non-hydrogen) atoms. The number of benzene rings is 2. The third kappa shape index (κ3) is 3.99. The SMILES string of the molecule is Cc1cc(Cl)ccc1S(=O)(=O)c1ccc(CCC(=O)c2cnc3[nH]ncc3c2)cc1. The quantitative estimate of drug-likeness (QED) is 0.444. The van der Waals surface area contributed by atoms with Gasteiger partial charge >= 0.3 is 0 Å². The van der Waals surface area contributed by atoms with Gasteiger partial charge in [-0.05, 0) is 60.9 Å². The van der Waals surface area contributed by atoms with Crippen LogP contribution in [0.2, 0.25) is 5.02 Å². The van der Waals surface area contributed by atoms with Gasteiger partial charge in [-0.25, -0.2) is 13.4 Å². The van der Waals surface area contributed by atoms with Crippen LogP contribution in [0.4, 0.5) is 0 Å². The van der Waals surface area contributed by atoms with E-state index in [9.17, 15) is 13.2 Å². The maximum Gasteiger partial charge on any atom is 0.206 e. The molecule has 2 aromatic carbocycles. The van der Waals surface area contributed by atoms with Gasteiger partial charge in [0.25, 0.3) is 0 Å². The molecule has 1 N–H and O–H groups in total. The molecule has 0 aliphatic heterocycles. The number of hydrogen-bond acceptors (Lipinski definition) is 5. The van der Waals surface area contributed by atoms with Crippen molar-refractivity contribution >= 4 is 38.3 Å². The van der Waals surface area contributed by atoms with Gasteiger partial charge in [0.15, 0.2) is 11.4 Å². The second kappa shape index (κ2) is 8.01. The Morgan fingerprint density at radius 1 is 1.07 bits per heavy atom. The van der Waals surface area contributed by atoms with Crippen LogP contribution in [0.3, 0.4) is 0 Å². The number of pyridine rings is 1. The molecule has 0 bridgehead atoms. The molecule has 0 atom stereocenters. The molecular weight excluding hydrogens is 422 g/mol. The van der Waals surface area contributed by atoms with E-state index >= 15 is 0 Å². The molecule has 2 heterocycles. The number of aryl methyl sites for hydroxylation is 2. The van der Waals surface area contributed by atoms with E-state index in [-0.39, 0.29) is 15.6 Å². The number of hydrogen-bond donors (Lipinski definition) is 1. The molecular formula is C22H18ClN3O3S. The third-order valence-electron chi connectivity index (χ3n) is 4.91. The molecule has 4 aromatic rings. The fraction of sp³-hybridized carbons (Fsp3) is 0.136. The monoisotopic (exact) mass is 439 g/mol. The molecule has 6 nitrogen and oxygen atoms in total. The molecule has 0 radical (unpaired) electrons. The zero-order chi connectivity index (χ0) is 21.3. The Morgan fingerprint density at radius 3 is 2.57 bits per heavy atom. The first-order valence-electron chi connectivity index (χ1n) is 9.27. The number of carbonyl (C=O) groups excluding carboxylic acids is 1. The van der Waals surface area contributed by atoms with Crippen molar-refractivity contribution < 1.29 is 13.2 Å². The molecule has 0 amide bonds. The van der Waals surface area contributed by atoms with Crippen LogP contribution in [0.5, 0.6) is 0 Å². The molecule has 4 rings (SSSR count). The van der Waals surface area contributed by atoms with Crippen molar-refractivity contribution in [3.63, 3.8) is 0 Å². The molecule has 8 heteroatoms. The molecule has 0 aliphatic carbocycles. The Morgan fingerprint density at radius 2 is 1.83 bits per heavy atom. The van der Waals surface area contributed by atoms with E-state index in [1.165, 1.54) is 12.3 Å². The average Bonchev–Trinajstić information content (AvgIpc) is 3.20. The van der Waals surface area contributed by atoms with Crippen LogP contribution in [0, 0.1) is 6.92 Å². The summed E-state index contributed by atoms with van der Waals surface area (Å²) < 4.78 is 25.8. The first-order valence-corrected chi connectivity index (χ1v) is 11.1. The lowest BCUT2D eigenvalue weighted by Crippen LogP contribution is -2.05. The Kier molecular flexibility index (Phi) is 5.40. The first-order chi connectivity index (χ1) is 14.3. The van der Waals surface area contributed by atoms with Gasteiger partial charge in [0, 0.05) is 28.6 Å². The number of nitrogens with zero attached hydrogens (tertiary/aromatic N) is 2. The van der Waals surface area contributed by atoms with Gasteiger partial charge in [-0.1, -0.05) is 23.7 Å². The minimum atomic E-state index is -3.64. The Labute approximate surface area is 178 Å². The maximum atomic E-state index is 12.9. The van der Waals surface area contributed by atoms with Gasteiger partial charge in [0.1, 0.15) is 0 Å². The summed E-state index contributed by atoms with van der Waals surface area (Å²) in [6.45, 7) is 1.72. The fourth-order valence-corrected chi connectivity index (χ4v) is 4.97. The number of aromatic nitrogens is 3. The number of H-pyrrole nitrogens is 1. The molecule has 0 spiro atoms. The molecule has 0 unspecified atom stereocenters. The number of fused-ring (bicyclic) bond motifs is 1. The normalized spacial score (nSPS) is 11.7. The minimum Gasteiger partial charge on any atom is -0.294 e. The molecule has 0 saturated heterocycles. The summed E-state index contributed by atoms with van der Waals surface area (Å²) in [6, 6.07) is 13.1. The molecule has 0 fully saturated rings. The summed E-state index contributed by atoms with van der Waals surface area (Å²) >= 11 is 5.93. The van der Waals surface area contributed by atoms with E-state index in [0.717, 1.165) is 10.9 Å². The molecule has 0 aliphatic rings. The fourth-order valence-electron chi connectivity index (χ4n) is 3.27. The van der Waals surface area contributed by atoms with E-state index in [0.29, 0.717) is 34.6 Å². The predicted molar refractivity (Wildman–Crippen MR) is 115 cm³/mol. The van der Waals surface area contributed by atoms with Crippen molar-refractivity contribution in [3.8, 4) is 0 Å². The topological polar surface area (TPSA) is 92.8 Å². The van der Waals surface area contributed by atoms with Crippen molar-refractivity contribution in [1.29, 1.82) is 0 Å². The molecule has 0 saturated carbocycles. The number of rotatable bonds is 6. The van der Waals surface area contributed by atoms with Crippen molar-refractivity contribution in [2.75, 3.05) is 0 Å². The highest BCUT2D eigenvalue weighted by molar-refractivity contribution is 7.91. The van der Waals surface area contributed by atoms with Gasteiger partial charge in [-0.15, -0.1) is 0 Å². The minimum absolute atomic E-state index is 0.0286. The van der Waals surface area contributed by atoms with Crippen molar-refractivity contribution in [3.05, 3.63) is 82.6 Å². The zero-order valence-electron chi connectivity index (χ0n) is 16.1. The summed E-state index contributed by atoms with van der Waals surface area (Å²) in [7, 11) is -3.64. The van der Waals surface area contributed by atoms with Gasteiger partial charge in [0.05, 0.1) is 16.0 Å². The van der Waals surface area contributed by atoms with Gasteiger partial charge in [0.2, 0.25) is 9.84 Å². The van der Waals surface area contributed by atoms with Crippen LogP contribution in [-0.2, 0) is 16.3 Å². The van der Waals surface area contributed by atoms with Crippen LogP contribution in [-0.4, -0.2) is 29.4 Å². The lowest BCUT2D eigenvalue weighted by Gasteiger charge is -2.09. The van der Waals surface area contributed by atoms with Crippen LogP contribution in [0.1, 0.15) is 27.9 Å². The van der Waals surface area contributed by atoms with Crippen LogP contribution < -0.4 is 0 Å². The van der Waals surface area contributed by atoms with E-state index in [1.807, 2.05) is 0 Å². The van der Waals surface area contributed by atoms with E-state index < -0.39 is 9.84 Å². The van der Waals surface area contributed by atoms with Gasteiger partial charge in [-0.2, -0.15) is 5.10 Å². The standard InChI is InChI=1S/C22H18ClN3O3S/c1-14-10-18(23)5-9-21(14)30(28,29)19-6-2-15(3-7-19)4-8-20(27)16-11-17-13-25-26-22(17)24-12-16/h2-3,5-7,9-13H,4,8H2,1H3,(H,24,25,26). The second-order valence-electron chi connectivity index (χ2n) is 7.01. The summed E-state index contributed by atoms with van der Waals surface area (Å²) in [6.07, 6.45) is 3.96. The van der Waals surface area contributed by atoms with Crippen LogP contribution >= 0.6 is 11.6 Å². The van der Waals surface area contributed by atoms with Gasteiger partial charge < -0.3 is 0 Å². The number of carbonyl (C=O) groups is 1. The maximum absolute atomic E-state index is 12.9. The Hall–Kier alpha value is -3.03. The second-order valence-corrected chi connectivity index (χ2v) is 9.37. The summed E-state index contributed by atoms with van der Waals surface area (Å²) in [5.41, 5.74) is 2.65. The average molecular weight is 440 g/mol. The number of nitrogens with one attached hydrogen (secondary N) is 1. The summed E-state index contributed by atoms with van der Waals surface area (Å²) in [4.78, 5) is 17.1. The molecule has 2 aromatic heterocycles. The highest BCUT2D eigenvalue weighted by atomic mass is 35.5. The smallest absolute Gasteiger partial charge is 0.206 e. The van der Waals surface area contributed by atoms with E-state index in [4.69, 9.17) is 11.6 Å². The highest BCUT2D eigenvalue weighted by Crippen LogP contribution is 2.26. The molecule has 152 valence electrons. The lowest BCUT2D eigenvalue weighted by molar-refractivity contribution is 0.0982. The van der Waals surface area contributed by atoms with E-state index in [2.05, 4.69) is 15.2 Å². The van der Waals surface area contributed by atoms with Crippen molar-refractivity contribution in [1.82, 2.24) is 15.2 Å². The predicted octanol–water partition coefficient (Wildman–Crippen LogP) is 4.57. The lowest BCUT2D eigenvalue weighted by atomic mass is 10.0. The zero-order valence-corrected chi connectivity index (χ0v) is 17.7. The number of sulfone groups is 1. The van der Waals surface area contributed by atoms with E-state index in [1.54, 1.807) is 55.6 Å². The first kappa shape index (κ1) is 20.3. The van der Waals surface area contributed by atoms with Crippen LogP contribution in [0.25, 0.3) is 11.0 Å². The van der Waals surface area contributed by atoms with Gasteiger partial charge in [-0.3, -0.25) is 9.89 Å². The number of Topliss-reactive ketones (excluding diaryl/α,β-unsaturated/α-hetero) is 1. The summed E-state index contributed by atoms with van der Waals surface area (Å²) in [5.74, 6) is -0.0286. The Balaban J connectivity index is 1.47. The van der Waals surface area contributed by atoms with Crippen LogP contribution in [0.15, 0.2) is 70.7 Å². The Bertz CT molecular complexity index is 1350. The summed E-state index contributed by atoms with van der Waals surface area (Å²) in [5, 5.41) is 7.93. The highest BCUT2D eigenvalue weighted by Gasteiger charge is 2.20. The number of halogens is 1. The third-order valence-corrected chi connectivity index (χ3v) is 7.08.